The van der Waals surface area contributed by atoms with Crippen molar-refractivity contribution in [2.45, 2.75) is 43.7 Å². The van der Waals surface area contributed by atoms with Gasteiger partial charge >= 0.3 is 5.97 Å². The van der Waals surface area contributed by atoms with Crippen LogP contribution in [0.15, 0.2) is 77.7 Å². The molecule has 0 aliphatic rings. The lowest BCUT2D eigenvalue weighted by atomic mass is 10.1. The Hall–Kier alpha value is -2.79. The van der Waals surface area contributed by atoms with Gasteiger partial charge in [-0.15, -0.1) is 11.8 Å². The van der Waals surface area contributed by atoms with Gasteiger partial charge in [-0.25, -0.2) is 0 Å². The van der Waals surface area contributed by atoms with E-state index in [1.54, 1.807) is 6.92 Å². The van der Waals surface area contributed by atoms with E-state index in [1.165, 1.54) is 17.3 Å². The van der Waals surface area contributed by atoms with E-state index in [2.05, 4.69) is 29.6 Å². The summed E-state index contributed by atoms with van der Waals surface area (Å²) in [5, 5.41) is 5.22. The number of hydrogen-bond donors (Lipinski definition) is 1. The van der Waals surface area contributed by atoms with Gasteiger partial charge in [0.05, 0.1) is 5.75 Å². The molecule has 0 aliphatic heterocycles. The number of carbonyl (C=O) groups excluding carboxylic acids is 2. The molecule has 0 heterocycles. The highest BCUT2D eigenvalue weighted by molar-refractivity contribution is 8.00. The zero-order valence-corrected chi connectivity index (χ0v) is 18.2. The predicted molar refractivity (Wildman–Crippen MR) is 123 cm³/mol. The standard InChI is InChI=1S/C25H27NO3S/c1-18(12-13-20-8-4-3-5-9-20)26-25(28)19(2)29-24(27)17-30-23-15-14-21-10-6-7-11-22(21)16-23/h3-11,14-16,18-19H,12-13,17H2,1-2H3,(H,26,28)/t18-,19-/m1/s1. The summed E-state index contributed by atoms with van der Waals surface area (Å²) >= 11 is 1.41. The number of fused-ring (bicyclic) bond motifs is 1. The third-order valence-corrected chi connectivity index (χ3v) is 5.82. The van der Waals surface area contributed by atoms with Gasteiger partial charge in [-0.1, -0.05) is 60.7 Å². The molecule has 0 saturated heterocycles. The summed E-state index contributed by atoms with van der Waals surface area (Å²) in [7, 11) is 0. The number of carbonyl (C=O) groups is 2. The van der Waals surface area contributed by atoms with Gasteiger partial charge < -0.3 is 10.1 Å². The maximum Gasteiger partial charge on any atom is 0.317 e. The molecule has 0 aromatic heterocycles. The third-order valence-electron chi connectivity index (χ3n) is 4.85. The van der Waals surface area contributed by atoms with E-state index in [1.807, 2.05) is 55.5 Å². The minimum absolute atomic E-state index is 0.00540. The van der Waals surface area contributed by atoms with Crippen LogP contribution in [0.5, 0.6) is 0 Å². The number of ether oxygens (including phenoxy) is 1. The first-order valence-electron chi connectivity index (χ1n) is 10.2. The molecule has 2 atom stereocenters. The molecule has 0 aliphatic carbocycles. The maximum absolute atomic E-state index is 12.3. The number of nitrogens with one attached hydrogen (secondary N) is 1. The topological polar surface area (TPSA) is 55.4 Å². The van der Waals surface area contributed by atoms with Crippen LogP contribution in [0.25, 0.3) is 10.8 Å². The Morgan fingerprint density at radius 2 is 1.63 bits per heavy atom. The van der Waals surface area contributed by atoms with Crippen LogP contribution >= 0.6 is 11.8 Å². The average Bonchev–Trinajstić information content (AvgIpc) is 2.76. The Balaban J connectivity index is 1.40. The zero-order chi connectivity index (χ0) is 21.3. The van der Waals surface area contributed by atoms with E-state index < -0.39 is 12.1 Å². The first-order valence-corrected chi connectivity index (χ1v) is 11.1. The quantitative estimate of drug-likeness (QED) is 0.390. The lowest BCUT2D eigenvalue weighted by Gasteiger charge is -2.18. The predicted octanol–water partition coefficient (Wildman–Crippen LogP) is 5.00. The molecule has 1 amide bonds. The van der Waals surface area contributed by atoms with Gasteiger partial charge in [0.1, 0.15) is 0 Å². The van der Waals surface area contributed by atoms with Gasteiger partial charge in [0.2, 0.25) is 0 Å². The average molecular weight is 422 g/mol. The van der Waals surface area contributed by atoms with E-state index in [0.717, 1.165) is 28.5 Å². The van der Waals surface area contributed by atoms with Crippen LogP contribution < -0.4 is 5.32 Å². The molecule has 0 unspecified atom stereocenters. The number of amides is 1. The van der Waals surface area contributed by atoms with Crippen molar-refractivity contribution in [1.82, 2.24) is 5.32 Å². The Kier molecular flexibility index (Phi) is 7.91. The van der Waals surface area contributed by atoms with Gasteiger partial charge in [0.25, 0.3) is 5.91 Å². The second-order valence-corrected chi connectivity index (χ2v) is 8.41. The molecule has 0 bridgehead atoms. The van der Waals surface area contributed by atoms with Crippen molar-refractivity contribution in [2.75, 3.05) is 5.75 Å². The lowest BCUT2D eigenvalue weighted by Crippen LogP contribution is -2.41. The monoisotopic (exact) mass is 421 g/mol. The first-order chi connectivity index (χ1) is 14.5. The molecule has 0 saturated carbocycles. The van der Waals surface area contributed by atoms with E-state index in [4.69, 9.17) is 4.74 Å². The molecule has 0 radical (unpaired) electrons. The summed E-state index contributed by atoms with van der Waals surface area (Å²) in [6, 6.07) is 24.3. The van der Waals surface area contributed by atoms with Crippen molar-refractivity contribution < 1.29 is 14.3 Å². The molecule has 30 heavy (non-hydrogen) atoms. The fourth-order valence-corrected chi connectivity index (χ4v) is 3.87. The van der Waals surface area contributed by atoms with Crippen molar-refractivity contribution in [1.29, 1.82) is 0 Å². The van der Waals surface area contributed by atoms with E-state index in [-0.39, 0.29) is 17.7 Å². The van der Waals surface area contributed by atoms with Crippen LogP contribution in [0.4, 0.5) is 0 Å². The first kappa shape index (κ1) is 21.9. The molecule has 0 spiro atoms. The third kappa shape index (κ3) is 6.63. The Morgan fingerprint density at radius 1 is 0.933 bits per heavy atom. The molecule has 3 aromatic carbocycles. The van der Waals surface area contributed by atoms with Crippen LogP contribution in [0, 0.1) is 0 Å². The summed E-state index contributed by atoms with van der Waals surface area (Å²) in [6.45, 7) is 3.57. The Morgan fingerprint density at radius 3 is 2.40 bits per heavy atom. The Bertz CT molecular complexity index is 990. The normalized spacial score (nSPS) is 12.9. The summed E-state index contributed by atoms with van der Waals surface area (Å²) in [4.78, 5) is 25.5. The van der Waals surface area contributed by atoms with Crippen molar-refractivity contribution in [2.24, 2.45) is 0 Å². The highest BCUT2D eigenvalue weighted by atomic mass is 32.2. The number of thioether (sulfide) groups is 1. The number of hydrogen-bond acceptors (Lipinski definition) is 4. The summed E-state index contributed by atoms with van der Waals surface area (Å²) in [5.41, 5.74) is 1.24. The molecule has 4 nitrogen and oxygen atoms in total. The van der Waals surface area contributed by atoms with Crippen LogP contribution in [0.2, 0.25) is 0 Å². The summed E-state index contributed by atoms with van der Waals surface area (Å²) < 4.78 is 5.31. The Labute approximate surface area is 182 Å². The number of aryl methyl sites for hydroxylation is 1. The van der Waals surface area contributed by atoms with E-state index in [9.17, 15) is 9.59 Å². The van der Waals surface area contributed by atoms with Crippen molar-refractivity contribution >= 4 is 34.4 Å². The minimum atomic E-state index is -0.811. The highest BCUT2D eigenvalue weighted by Gasteiger charge is 2.19. The van der Waals surface area contributed by atoms with Crippen LogP contribution in [-0.4, -0.2) is 29.8 Å². The maximum atomic E-state index is 12.3. The van der Waals surface area contributed by atoms with Gasteiger partial charge in [0.15, 0.2) is 6.10 Å². The molecule has 3 aromatic rings. The fraction of sp³-hybridized carbons (Fsp3) is 0.280. The van der Waals surface area contributed by atoms with Gasteiger partial charge in [-0.2, -0.15) is 0 Å². The fourth-order valence-electron chi connectivity index (χ4n) is 3.14. The highest BCUT2D eigenvalue weighted by Crippen LogP contribution is 2.23. The van der Waals surface area contributed by atoms with E-state index >= 15 is 0 Å². The SMILES string of the molecule is C[C@H](CCc1ccccc1)NC(=O)[C@@H](C)OC(=O)CSc1ccc2ccccc2c1. The molecular formula is C25H27NO3S. The molecule has 156 valence electrons. The van der Waals surface area contributed by atoms with Crippen LogP contribution in [-0.2, 0) is 20.7 Å². The van der Waals surface area contributed by atoms with Gasteiger partial charge in [0, 0.05) is 10.9 Å². The second-order valence-electron chi connectivity index (χ2n) is 7.36. The van der Waals surface area contributed by atoms with Crippen LogP contribution in [0.3, 0.4) is 0 Å². The summed E-state index contributed by atoms with van der Waals surface area (Å²) in [5.74, 6) is -0.494. The number of rotatable bonds is 9. The lowest BCUT2D eigenvalue weighted by molar-refractivity contribution is -0.152. The molecule has 3 rings (SSSR count). The van der Waals surface area contributed by atoms with E-state index in [0.29, 0.717) is 0 Å². The largest absolute Gasteiger partial charge is 0.452 e. The molecular weight excluding hydrogens is 394 g/mol. The minimum Gasteiger partial charge on any atom is -0.452 e. The van der Waals surface area contributed by atoms with Crippen molar-refractivity contribution in [3.05, 3.63) is 78.4 Å². The molecule has 5 heteroatoms. The van der Waals surface area contributed by atoms with Gasteiger partial charge in [-0.3, -0.25) is 9.59 Å². The zero-order valence-electron chi connectivity index (χ0n) is 17.3. The second kappa shape index (κ2) is 10.8. The molecule has 0 fully saturated rings. The van der Waals surface area contributed by atoms with Crippen molar-refractivity contribution in [3.63, 3.8) is 0 Å². The molecule has 1 N–H and O–H groups in total. The summed E-state index contributed by atoms with van der Waals surface area (Å²) in [6.07, 6.45) is 0.904. The number of esters is 1. The smallest absolute Gasteiger partial charge is 0.317 e. The van der Waals surface area contributed by atoms with Crippen molar-refractivity contribution in [3.8, 4) is 0 Å². The van der Waals surface area contributed by atoms with Gasteiger partial charge in [-0.05, 0) is 55.2 Å². The number of benzene rings is 3. The van der Waals surface area contributed by atoms with Crippen LogP contribution in [0.1, 0.15) is 25.8 Å².